The molecule has 4 rings (SSSR count). The number of hydrogen-bond acceptors (Lipinski definition) is 5. The Morgan fingerprint density at radius 1 is 1.26 bits per heavy atom. The zero-order valence-electron chi connectivity index (χ0n) is 15.1. The number of carbonyl (C=O) groups excluding carboxylic acids is 1. The Balaban J connectivity index is 1.73. The van der Waals surface area contributed by atoms with E-state index in [1.165, 1.54) is 30.9 Å². The van der Waals surface area contributed by atoms with Gasteiger partial charge in [0, 0.05) is 33.4 Å². The predicted octanol–water partition coefficient (Wildman–Crippen LogP) is -0.0409. The van der Waals surface area contributed by atoms with Gasteiger partial charge in [0.05, 0.1) is 16.4 Å². The lowest BCUT2D eigenvalue weighted by Crippen LogP contribution is -2.38. The topological polar surface area (TPSA) is 114 Å². The van der Waals surface area contributed by atoms with Gasteiger partial charge in [-0.25, -0.2) is 9.78 Å². The summed E-state index contributed by atoms with van der Waals surface area (Å²) in [6.07, 6.45) is 3.58. The number of carboxylic acid groups (broad SMARTS) is 1. The average Bonchev–Trinajstić information content (AvgIpc) is 3.22. The molecule has 1 aliphatic carbocycles. The summed E-state index contributed by atoms with van der Waals surface area (Å²) in [5, 5.41) is 9.86. The van der Waals surface area contributed by atoms with Crippen molar-refractivity contribution in [1.82, 2.24) is 19.0 Å². The van der Waals surface area contributed by atoms with E-state index in [-0.39, 0.29) is 35.0 Å². The number of carbonyl (C=O) groups is 2. The second-order valence-electron chi connectivity index (χ2n) is 7.54. The van der Waals surface area contributed by atoms with Crippen molar-refractivity contribution in [3.8, 4) is 0 Å². The van der Waals surface area contributed by atoms with Crippen LogP contribution in [0.25, 0.3) is 11.0 Å². The van der Waals surface area contributed by atoms with E-state index in [2.05, 4.69) is 4.98 Å². The molecule has 1 aliphatic heterocycles. The third kappa shape index (κ3) is 2.34. The van der Waals surface area contributed by atoms with E-state index in [1.54, 1.807) is 4.90 Å². The van der Waals surface area contributed by atoms with Gasteiger partial charge in [0.2, 0.25) is 0 Å². The zero-order chi connectivity index (χ0) is 19.5. The van der Waals surface area contributed by atoms with Crippen molar-refractivity contribution in [2.45, 2.75) is 19.3 Å². The second-order valence-corrected chi connectivity index (χ2v) is 7.54. The van der Waals surface area contributed by atoms with Crippen LogP contribution >= 0.6 is 0 Å². The summed E-state index contributed by atoms with van der Waals surface area (Å²) < 4.78 is 2.22. The molecule has 2 fully saturated rings. The molecule has 27 heavy (non-hydrogen) atoms. The van der Waals surface area contributed by atoms with Crippen LogP contribution in [0.4, 0.5) is 0 Å². The number of likely N-dealkylation sites (tertiary alicyclic amines) is 1. The highest BCUT2D eigenvalue weighted by Gasteiger charge is 2.55. The van der Waals surface area contributed by atoms with Gasteiger partial charge < -0.3 is 10.0 Å². The van der Waals surface area contributed by atoms with Crippen LogP contribution in [0.1, 0.15) is 29.6 Å². The SMILES string of the molecule is Cn1c(=O)c2cc(C(=O)N3C[C@@H]4CCC[C@@]4(C(=O)O)C3)cnc2n(C)c1=O. The number of aliphatic carboxylic acids is 1. The molecule has 0 radical (unpaired) electrons. The summed E-state index contributed by atoms with van der Waals surface area (Å²) in [4.78, 5) is 54.9. The van der Waals surface area contributed by atoms with Crippen LogP contribution in [-0.4, -0.2) is 49.1 Å². The van der Waals surface area contributed by atoms with Crippen molar-refractivity contribution in [1.29, 1.82) is 0 Å². The maximum absolute atomic E-state index is 13.0. The number of carboxylic acids is 1. The summed E-state index contributed by atoms with van der Waals surface area (Å²) in [7, 11) is 2.88. The maximum atomic E-state index is 13.0. The Labute approximate surface area is 153 Å². The second kappa shape index (κ2) is 5.77. The van der Waals surface area contributed by atoms with Crippen molar-refractivity contribution in [3.63, 3.8) is 0 Å². The van der Waals surface area contributed by atoms with Crippen molar-refractivity contribution in [2.24, 2.45) is 25.4 Å². The zero-order valence-corrected chi connectivity index (χ0v) is 15.1. The fourth-order valence-electron chi connectivity index (χ4n) is 4.56. The van der Waals surface area contributed by atoms with Gasteiger partial charge >= 0.3 is 11.7 Å². The standard InChI is InChI=1S/C18H20N4O5/c1-20-13-12(15(24)21(2)17(20)27)6-10(7-19-13)14(23)22-8-11-4-3-5-18(11,9-22)16(25)26/h6-7,11H,3-5,8-9H2,1-2H3,(H,25,26)/t11-,18+/m0/s1. The smallest absolute Gasteiger partial charge is 0.332 e. The van der Waals surface area contributed by atoms with Gasteiger partial charge in [-0.05, 0) is 24.8 Å². The first-order valence-electron chi connectivity index (χ1n) is 8.85. The van der Waals surface area contributed by atoms with Crippen LogP contribution in [0, 0.1) is 11.3 Å². The van der Waals surface area contributed by atoms with Gasteiger partial charge in [-0.1, -0.05) is 6.42 Å². The minimum Gasteiger partial charge on any atom is -0.481 e. The Morgan fingerprint density at radius 3 is 2.67 bits per heavy atom. The highest BCUT2D eigenvalue weighted by molar-refractivity contribution is 5.97. The maximum Gasteiger partial charge on any atom is 0.332 e. The molecule has 1 saturated carbocycles. The Morgan fingerprint density at radius 2 is 2.00 bits per heavy atom. The van der Waals surface area contributed by atoms with Gasteiger partial charge in [-0.2, -0.15) is 0 Å². The highest BCUT2D eigenvalue weighted by Crippen LogP contribution is 2.49. The van der Waals surface area contributed by atoms with E-state index in [9.17, 15) is 24.3 Å². The van der Waals surface area contributed by atoms with E-state index in [4.69, 9.17) is 0 Å². The van der Waals surface area contributed by atoms with Crippen molar-refractivity contribution >= 4 is 22.9 Å². The number of aromatic nitrogens is 3. The first kappa shape index (κ1) is 17.4. The van der Waals surface area contributed by atoms with E-state index in [1.807, 2.05) is 0 Å². The van der Waals surface area contributed by atoms with Crippen LogP contribution in [0.2, 0.25) is 0 Å². The van der Waals surface area contributed by atoms with E-state index < -0.39 is 22.6 Å². The van der Waals surface area contributed by atoms with Crippen molar-refractivity contribution in [2.75, 3.05) is 13.1 Å². The molecule has 2 aliphatic rings. The molecule has 0 bridgehead atoms. The van der Waals surface area contributed by atoms with E-state index in [0.717, 1.165) is 17.4 Å². The summed E-state index contributed by atoms with van der Waals surface area (Å²) in [6.45, 7) is 0.573. The third-order valence-electron chi connectivity index (χ3n) is 6.12. The number of pyridine rings is 1. The fourth-order valence-corrected chi connectivity index (χ4v) is 4.56. The monoisotopic (exact) mass is 372 g/mol. The largest absolute Gasteiger partial charge is 0.481 e. The van der Waals surface area contributed by atoms with Crippen LogP contribution < -0.4 is 11.2 Å². The molecule has 2 aromatic rings. The Hall–Kier alpha value is -2.97. The molecule has 1 saturated heterocycles. The molecule has 0 unspecified atom stereocenters. The van der Waals surface area contributed by atoms with Gasteiger partial charge in [0.15, 0.2) is 0 Å². The molecule has 9 nitrogen and oxygen atoms in total. The number of hydrogen-bond donors (Lipinski definition) is 1. The van der Waals surface area contributed by atoms with E-state index in [0.29, 0.717) is 13.0 Å². The van der Waals surface area contributed by atoms with Crippen LogP contribution in [-0.2, 0) is 18.9 Å². The number of amides is 1. The number of rotatable bonds is 2. The van der Waals surface area contributed by atoms with Gasteiger partial charge in [0.25, 0.3) is 11.5 Å². The van der Waals surface area contributed by atoms with Crippen LogP contribution in [0.5, 0.6) is 0 Å². The first-order chi connectivity index (χ1) is 12.8. The lowest BCUT2D eigenvalue weighted by Gasteiger charge is -2.23. The highest BCUT2D eigenvalue weighted by atomic mass is 16.4. The summed E-state index contributed by atoms with van der Waals surface area (Å²) in [5.74, 6) is -1.22. The number of nitrogens with zero attached hydrogens (tertiary/aromatic N) is 4. The number of aryl methyl sites for hydroxylation is 1. The summed E-state index contributed by atoms with van der Waals surface area (Å²) >= 11 is 0. The molecule has 2 aromatic heterocycles. The third-order valence-corrected chi connectivity index (χ3v) is 6.12. The Bertz CT molecular complexity index is 1100. The van der Waals surface area contributed by atoms with Crippen LogP contribution in [0.3, 0.4) is 0 Å². The van der Waals surface area contributed by atoms with Gasteiger partial charge in [-0.3, -0.25) is 23.5 Å². The average molecular weight is 372 g/mol. The summed E-state index contributed by atoms with van der Waals surface area (Å²) in [6, 6.07) is 1.44. The van der Waals surface area contributed by atoms with Gasteiger partial charge in [0.1, 0.15) is 5.65 Å². The molecule has 0 aromatic carbocycles. The normalized spacial score (nSPS) is 24.4. The molecular formula is C18H20N4O5. The minimum atomic E-state index is -0.861. The molecule has 3 heterocycles. The van der Waals surface area contributed by atoms with Crippen molar-refractivity contribution in [3.05, 3.63) is 38.7 Å². The molecule has 1 amide bonds. The van der Waals surface area contributed by atoms with E-state index >= 15 is 0 Å². The molecule has 142 valence electrons. The minimum absolute atomic E-state index is 0.0407. The lowest BCUT2D eigenvalue weighted by molar-refractivity contribution is -0.149. The van der Waals surface area contributed by atoms with Crippen LogP contribution in [0.15, 0.2) is 21.9 Å². The quantitative estimate of drug-likeness (QED) is 0.791. The lowest BCUT2D eigenvalue weighted by atomic mass is 9.81. The fraction of sp³-hybridized carbons (Fsp3) is 0.500. The predicted molar refractivity (Wildman–Crippen MR) is 95.5 cm³/mol. The first-order valence-corrected chi connectivity index (χ1v) is 8.85. The number of fused-ring (bicyclic) bond motifs is 2. The Kier molecular flexibility index (Phi) is 3.72. The molecule has 1 N–H and O–H groups in total. The van der Waals surface area contributed by atoms with Crippen molar-refractivity contribution < 1.29 is 14.7 Å². The molecule has 9 heteroatoms. The molecule has 2 atom stereocenters. The summed E-state index contributed by atoms with van der Waals surface area (Å²) in [5.41, 5.74) is -1.44. The molecule has 0 spiro atoms. The molecular weight excluding hydrogens is 352 g/mol. The van der Waals surface area contributed by atoms with Gasteiger partial charge in [-0.15, -0.1) is 0 Å².